The highest BCUT2D eigenvalue weighted by atomic mass is 16.7. The number of hydrogen-bond donors (Lipinski definition) is 0. The number of aryl methyl sites for hydroxylation is 1. The fourth-order valence-electron chi connectivity index (χ4n) is 3.18. The first kappa shape index (κ1) is 18.0. The second-order valence-electron chi connectivity index (χ2n) is 7.60. The van der Waals surface area contributed by atoms with Crippen molar-refractivity contribution in [3.8, 4) is 0 Å². The highest BCUT2D eigenvalue weighted by Crippen LogP contribution is 2.37. The number of ether oxygens (including phenoxy) is 1. The van der Waals surface area contributed by atoms with Crippen molar-refractivity contribution in [2.24, 2.45) is 7.05 Å². The van der Waals surface area contributed by atoms with E-state index in [2.05, 4.69) is 0 Å². The molecule has 0 amide bonds. The molecule has 0 bridgehead atoms. The van der Waals surface area contributed by atoms with E-state index in [1.54, 1.807) is 0 Å². The molecule has 0 N–H and O–H groups in total. The van der Waals surface area contributed by atoms with Gasteiger partial charge in [-0.3, -0.25) is 0 Å². The number of benzene rings is 1. The van der Waals surface area contributed by atoms with Gasteiger partial charge in [-0.1, -0.05) is 12.1 Å². The van der Waals surface area contributed by atoms with E-state index in [4.69, 9.17) is 14.0 Å². The van der Waals surface area contributed by atoms with Crippen LogP contribution >= 0.6 is 0 Å². The van der Waals surface area contributed by atoms with E-state index in [0.29, 0.717) is 12.2 Å². The summed E-state index contributed by atoms with van der Waals surface area (Å²) in [5, 5.41) is 0.866. The van der Waals surface area contributed by atoms with Crippen LogP contribution in [0, 0.1) is 6.92 Å². The molecule has 2 heterocycles. The average Bonchev–Trinajstić information content (AvgIpc) is 2.90. The number of aromatic nitrogens is 1. The van der Waals surface area contributed by atoms with E-state index < -0.39 is 18.3 Å². The highest BCUT2D eigenvalue weighted by Gasteiger charge is 2.51. The molecule has 1 aliphatic rings. The molecule has 0 radical (unpaired) electrons. The Hall–Kier alpha value is -1.79. The Kier molecular flexibility index (Phi) is 4.24. The van der Waals surface area contributed by atoms with E-state index in [0.717, 1.165) is 22.1 Å². The quantitative estimate of drug-likeness (QED) is 0.635. The predicted molar refractivity (Wildman–Crippen MR) is 99.3 cm³/mol. The Labute approximate surface area is 149 Å². The topological polar surface area (TPSA) is 49.7 Å². The minimum Gasteiger partial charge on any atom is -0.462 e. The lowest BCUT2D eigenvalue weighted by atomic mass is 9.78. The summed E-state index contributed by atoms with van der Waals surface area (Å²) in [6.45, 7) is 12.2. The summed E-state index contributed by atoms with van der Waals surface area (Å²) in [5.41, 5.74) is 2.59. The van der Waals surface area contributed by atoms with Crippen molar-refractivity contribution in [3.05, 3.63) is 29.5 Å². The molecule has 25 heavy (non-hydrogen) atoms. The van der Waals surface area contributed by atoms with Crippen LogP contribution in [0.1, 0.15) is 50.7 Å². The third-order valence-electron chi connectivity index (χ3n) is 5.52. The van der Waals surface area contributed by atoms with Crippen molar-refractivity contribution in [3.63, 3.8) is 0 Å². The van der Waals surface area contributed by atoms with Gasteiger partial charge in [0.15, 0.2) is 0 Å². The van der Waals surface area contributed by atoms with Crippen molar-refractivity contribution in [2.45, 2.75) is 52.7 Å². The third kappa shape index (κ3) is 2.77. The van der Waals surface area contributed by atoms with E-state index >= 15 is 0 Å². The maximum atomic E-state index is 12.4. The Morgan fingerprint density at radius 3 is 2.36 bits per heavy atom. The van der Waals surface area contributed by atoms with Gasteiger partial charge < -0.3 is 18.6 Å². The Morgan fingerprint density at radius 1 is 1.20 bits per heavy atom. The summed E-state index contributed by atoms with van der Waals surface area (Å²) in [4.78, 5) is 12.4. The van der Waals surface area contributed by atoms with Gasteiger partial charge in [-0.05, 0) is 53.1 Å². The normalized spacial score (nSPS) is 18.8. The van der Waals surface area contributed by atoms with Gasteiger partial charge in [0.1, 0.15) is 0 Å². The number of hydrogen-bond acceptors (Lipinski definition) is 4. The Bertz CT molecular complexity index is 822. The molecular formula is C19H26BNO4. The lowest BCUT2D eigenvalue weighted by molar-refractivity contribution is 0.00578. The second-order valence-corrected chi connectivity index (χ2v) is 7.60. The molecule has 0 atom stereocenters. The molecule has 134 valence electrons. The van der Waals surface area contributed by atoms with Crippen molar-refractivity contribution in [1.29, 1.82) is 0 Å². The molecule has 2 aromatic rings. The van der Waals surface area contributed by atoms with Gasteiger partial charge in [-0.15, -0.1) is 0 Å². The number of rotatable bonds is 3. The Morgan fingerprint density at radius 2 is 1.80 bits per heavy atom. The van der Waals surface area contributed by atoms with Crippen LogP contribution in [0.15, 0.2) is 18.2 Å². The lowest BCUT2D eigenvalue weighted by Gasteiger charge is -2.32. The first-order chi connectivity index (χ1) is 11.6. The largest absolute Gasteiger partial charge is 0.494 e. The smallest absolute Gasteiger partial charge is 0.462 e. The Balaban J connectivity index is 2.09. The third-order valence-corrected chi connectivity index (χ3v) is 5.52. The molecule has 1 aromatic carbocycles. The van der Waals surface area contributed by atoms with Gasteiger partial charge in [0.2, 0.25) is 0 Å². The number of fused-ring (bicyclic) bond motifs is 1. The molecule has 3 rings (SSSR count). The van der Waals surface area contributed by atoms with Gasteiger partial charge in [-0.2, -0.15) is 0 Å². The van der Waals surface area contributed by atoms with Crippen LogP contribution in [0.5, 0.6) is 0 Å². The zero-order valence-corrected chi connectivity index (χ0v) is 16.1. The standard InChI is InChI=1S/C19H26BNO4/c1-8-23-17(22)16-12(2)21(7)15-10-9-13(11-14(15)16)20-24-18(3,4)19(5,6)25-20/h9-11H,8H2,1-7H3. The van der Waals surface area contributed by atoms with Gasteiger partial charge >= 0.3 is 13.1 Å². The summed E-state index contributed by atoms with van der Waals surface area (Å²) >= 11 is 0. The summed E-state index contributed by atoms with van der Waals surface area (Å²) in [6, 6.07) is 5.99. The molecule has 0 aliphatic carbocycles. The molecule has 6 heteroatoms. The van der Waals surface area contributed by atoms with Gasteiger partial charge in [0.25, 0.3) is 0 Å². The molecule has 1 saturated heterocycles. The zero-order valence-electron chi connectivity index (χ0n) is 16.1. The maximum absolute atomic E-state index is 12.4. The fourth-order valence-corrected chi connectivity index (χ4v) is 3.18. The minimum absolute atomic E-state index is 0.295. The molecule has 1 aromatic heterocycles. The van der Waals surface area contributed by atoms with Crippen LogP contribution in [0.3, 0.4) is 0 Å². The van der Waals surface area contributed by atoms with Crippen LogP contribution in [0.2, 0.25) is 0 Å². The summed E-state index contributed by atoms with van der Waals surface area (Å²) < 4.78 is 19.5. The molecule has 1 fully saturated rings. The highest BCUT2D eigenvalue weighted by molar-refractivity contribution is 6.62. The average molecular weight is 343 g/mol. The molecule has 0 spiro atoms. The fraction of sp³-hybridized carbons (Fsp3) is 0.526. The summed E-state index contributed by atoms with van der Waals surface area (Å²) in [7, 11) is 1.50. The van der Waals surface area contributed by atoms with Gasteiger partial charge in [-0.25, -0.2) is 4.79 Å². The van der Waals surface area contributed by atoms with E-state index in [1.807, 2.05) is 71.4 Å². The van der Waals surface area contributed by atoms with Crippen molar-refractivity contribution in [2.75, 3.05) is 6.61 Å². The number of carbonyl (C=O) groups is 1. The van der Waals surface area contributed by atoms with Crippen molar-refractivity contribution >= 4 is 29.5 Å². The summed E-state index contributed by atoms with van der Waals surface area (Å²) in [6.07, 6.45) is 0. The first-order valence-corrected chi connectivity index (χ1v) is 8.70. The van der Waals surface area contributed by atoms with Crippen LogP contribution < -0.4 is 5.46 Å². The van der Waals surface area contributed by atoms with Crippen molar-refractivity contribution < 1.29 is 18.8 Å². The van der Waals surface area contributed by atoms with Crippen LogP contribution in [-0.4, -0.2) is 35.5 Å². The predicted octanol–water partition coefficient (Wildman–Crippen LogP) is 2.96. The molecule has 0 unspecified atom stereocenters. The van der Waals surface area contributed by atoms with Crippen molar-refractivity contribution in [1.82, 2.24) is 4.57 Å². The van der Waals surface area contributed by atoms with Crippen LogP contribution in [0.25, 0.3) is 10.9 Å². The van der Waals surface area contributed by atoms with E-state index in [-0.39, 0.29) is 5.97 Å². The van der Waals surface area contributed by atoms with E-state index in [1.165, 1.54) is 0 Å². The molecule has 0 saturated carbocycles. The zero-order chi connectivity index (χ0) is 18.6. The summed E-state index contributed by atoms with van der Waals surface area (Å²) in [5.74, 6) is -0.295. The SMILES string of the molecule is CCOC(=O)c1c(C)n(C)c2ccc(B3OC(C)(C)C(C)(C)O3)cc12. The van der Waals surface area contributed by atoms with Gasteiger partial charge in [0, 0.05) is 23.6 Å². The van der Waals surface area contributed by atoms with Crippen LogP contribution in [0.4, 0.5) is 0 Å². The number of carbonyl (C=O) groups excluding carboxylic acids is 1. The minimum atomic E-state index is -0.454. The molecular weight excluding hydrogens is 317 g/mol. The monoisotopic (exact) mass is 343 g/mol. The number of esters is 1. The molecule has 5 nitrogen and oxygen atoms in total. The number of nitrogens with zero attached hydrogens (tertiary/aromatic N) is 1. The van der Waals surface area contributed by atoms with Gasteiger partial charge in [0.05, 0.1) is 23.4 Å². The molecule has 1 aliphatic heterocycles. The first-order valence-electron chi connectivity index (χ1n) is 8.70. The lowest BCUT2D eigenvalue weighted by Crippen LogP contribution is -2.41. The second kappa shape index (κ2) is 5.89. The van der Waals surface area contributed by atoms with E-state index in [9.17, 15) is 4.79 Å². The van der Waals surface area contributed by atoms with Crippen LogP contribution in [-0.2, 0) is 21.1 Å². The maximum Gasteiger partial charge on any atom is 0.494 e.